The van der Waals surface area contributed by atoms with E-state index >= 15 is 0 Å². The van der Waals surface area contributed by atoms with Crippen molar-refractivity contribution in [3.63, 3.8) is 0 Å². The van der Waals surface area contributed by atoms with E-state index in [9.17, 15) is 0 Å². The largest absolute Gasteiger partial charge is 0.496 e. The molecule has 3 rings (SSSR count). The molecule has 2 aromatic heterocycles. The van der Waals surface area contributed by atoms with E-state index in [-0.39, 0.29) is 6.04 Å². The third-order valence-corrected chi connectivity index (χ3v) is 4.71. The number of furan rings is 1. The highest BCUT2D eigenvalue weighted by Gasteiger charge is 2.25. The van der Waals surface area contributed by atoms with Crippen LogP contribution in [0.15, 0.2) is 40.1 Å². The fourth-order valence-electron chi connectivity index (χ4n) is 2.79. The molecule has 110 valence electrons. The average Bonchev–Trinajstić information content (AvgIpc) is 3.13. The van der Waals surface area contributed by atoms with Crippen LogP contribution in [0.5, 0.6) is 5.75 Å². The zero-order chi connectivity index (χ0) is 14.8. The molecule has 1 atom stereocenters. The Morgan fingerprint density at radius 2 is 2.10 bits per heavy atom. The normalized spacial score (nSPS) is 12.7. The molecule has 3 aromatic rings. The Labute approximate surface area is 128 Å². The summed E-state index contributed by atoms with van der Waals surface area (Å²) in [4.78, 5) is 1.18. The number of ether oxygens (including phenoxy) is 1. The maximum atomic E-state index is 6.03. The van der Waals surface area contributed by atoms with Crippen LogP contribution in [0.1, 0.15) is 29.2 Å². The number of fused-ring (bicyclic) bond motifs is 1. The number of nitrogens with one attached hydrogen (secondary N) is 1. The van der Waals surface area contributed by atoms with Gasteiger partial charge in [0.1, 0.15) is 17.1 Å². The molecule has 0 amide bonds. The van der Waals surface area contributed by atoms with Gasteiger partial charge >= 0.3 is 0 Å². The summed E-state index contributed by atoms with van der Waals surface area (Å²) < 4.78 is 11.5. The second-order valence-electron chi connectivity index (χ2n) is 4.86. The van der Waals surface area contributed by atoms with Crippen LogP contribution in [0.25, 0.3) is 11.0 Å². The molecule has 0 bridgehead atoms. The predicted molar refractivity (Wildman–Crippen MR) is 87.4 cm³/mol. The lowest BCUT2D eigenvalue weighted by Gasteiger charge is -2.17. The molecule has 4 heteroatoms. The Morgan fingerprint density at radius 1 is 1.29 bits per heavy atom. The maximum absolute atomic E-state index is 6.03. The molecule has 1 unspecified atom stereocenters. The van der Waals surface area contributed by atoms with Crippen molar-refractivity contribution >= 4 is 22.3 Å². The maximum Gasteiger partial charge on any atom is 0.134 e. The first-order valence-corrected chi connectivity index (χ1v) is 7.97. The third-order valence-electron chi connectivity index (χ3n) is 3.75. The number of benzene rings is 1. The summed E-state index contributed by atoms with van der Waals surface area (Å²) in [5, 5.41) is 6.65. The molecule has 0 radical (unpaired) electrons. The van der Waals surface area contributed by atoms with Gasteiger partial charge in [-0.3, -0.25) is 0 Å². The van der Waals surface area contributed by atoms with E-state index < -0.39 is 0 Å². The van der Waals surface area contributed by atoms with Gasteiger partial charge in [0.15, 0.2) is 0 Å². The number of aryl methyl sites for hydroxylation is 1. The molecule has 3 nitrogen and oxygen atoms in total. The van der Waals surface area contributed by atoms with E-state index in [0.29, 0.717) is 0 Å². The van der Waals surface area contributed by atoms with Gasteiger partial charge in [0.25, 0.3) is 0 Å². The molecule has 0 aliphatic rings. The molecule has 2 heterocycles. The second kappa shape index (κ2) is 5.92. The van der Waals surface area contributed by atoms with E-state index in [4.69, 9.17) is 9.15 Å². The van der Waals surface area contributed by atoms with E-state index in [1.807, 2.05) is 25.2 Å². The first-order chi connectivity index (χ1) is 10.3. The minimum Gasteiger partial charge on any atom is -0.496 e. The van der Waals surface area contributed by atoms with E-state index in [1.165, 1.54) is 15.8 Å². The molecule has 0 fully saturated rings. The van der Waals surface area contributed by atoms with Crippen molar-refractivity contribution in [2.24, 2.45) is 0 Å². The first kappa shape index (κ1) is 14.2. The second-order valence-corrected chi connectivity index (χ2v) is 5.81. The van der Waals surface area contributed by atoms with Crippen LogP contribution in [0.4, 0.5) is 0 Å². The molecule has 1 N–H and O–H groups in total. The molecular weight excluding hydrogens is 282 g/mol. The van der Waals surface area contributed by atoms with Crippen molar-refractivity contribution in [1.29, 1.82) is 0 Å². The van der Waals surface area contributed by atoms with Gasteiger partial charge in [-0.1, -0.05) is 25.1 Å². The van der Waals surface area contributed by atoms with Crippen molar-refractivity contribution in [2.45, 2.75) is 19.4 Å². The minimum atomic E-state index is 0.0820. The van der Waals surface area contributed by atoms with Crippen LogP contribution >= 0.6 is 11.3 Å². The highest BCUT2D eigenvalue weighted by Crippen LogP contribution is 2.40. The molecule has 1 aromatic carbocycles. The Balaban J connectivity index is 2.21. The molecule has 0 aliphatic heterocycles. The smallest absolute Gasteiger partial charge is 0.134 e. The van der Waals surface area contributed by atoms with Crippen molar-refractivity contribution in [2.75, 3.05) is 14.2 Å². The summed E-state index contributed by atoms with van der Waals surface area (Å²) in [6, 6.07) is 10.3. The van der Waals surface area contributed by atoms with Gasteiger partial charge in [-0.15, -0.1) is 11.3 Å². The van der Waals surface area contributed by atoms with Gasteiger partial charge in [-0.25, -0.2) is 0 Å². The van der Waals surface area contributed by atoms with E-state index in [1.54, 1.807) is 18.4 Å². The van der Waals surface area contributed by atoms with Crippen LogP contribution in [0.3, 0.4) is 0 Å². The summed E-state index contributed by atoms with van der Waals surface area (Å²) in [6.07, 6.45) is 0.871. The van der Waals surface area contributed by atoms with Crippen LogP contribution in [0.2, 0.25) is 0 Å². The van der Waals surface area contributed by atoms with Gasteiger partial charge < -0.3 is 14.5 Å². The monoisotopic (exact) mass is 301 g/mol. The Bertz CT molecular complexity index is 744. The van der Waals surface area contributed by atoms with Gasteiger partial charge in [0, 0.05) is 17.4 Å². The molecule has 0 saturated heterocycles. The first-order valence-electron chi connectivity index (χ1n) is 7.09. The summed E-state index contributed by atoms with van der Waals surface area (Å²) in [7, 11) is 3.69. The SMILES string of the molecule is CCc1oc2ccccc2c1C(NC)c1sccc1OC. The lowest BCUT2D eigenvalue weighted by Crippen LogP contribution is -2.18. The number of para-hydroxylation sites is 1. The Kier molecular flexibility index (Phi) is 3.99. The van der Waals surface area contributed by atoms with Crippen molar-refractivity contribution in [3.8, 4) is 5.75 Å². The molecule has 0 spiro atoms. The van der Waals surface area contributed by atoms with Gasteiger partial charge in [0.2, 0.25) is 0 Å². The van der Waals surface area contributed by atoms with Gasteiger partial charge in [0.05, 0.1) is 18.0 Å². The zero-order valence-corrected chi connectivity index (χ0v) is 13.3. The van der Waals surface area contributed by atoms with E-state index in [0.717, 1.165) is 23.5 Å². The predicted octanol–water partition coefficient (Wildman–Crippen LogP) is 4.37. The fourth-order valence-corrected chi connectivity index (χ4v) is 3.77. The molecule has 0 saturated carbocycles. The lowest BCUT2D eigenvalue weighted by atomic mass is 10.00. The molecule has 21 heavy (non-hydrogen) atoms. The standard InChI is InChI=1S/C17H19NO2S/c1-4-12-15(11-7-5-6-8-13(11)20-12)16(18-2)17-14(19-3)9-10-21-17/h5-10,16,18H,4H2,1-3H3. The van der Waals surface area contributed by atoms with E-state index in [2.05, 4.69) is 29.8 Å². The van der Waals surface area contributed by atoms with Gasteiger partial charge in [-0.2, -0.15) is 0 Å². The zero-order valence-electron chi connectivity index (χ0n) is 12.5. The minimum absolute atomic E-state index is 0.0820. The topological polar surface area (TPSA) is 34.4 Å². The summed E-state index contributed by atoms with van der Waals surface area (Å²) in [6.45, 7) is 2.12. The number of methoxy groups -OCH3 is 1. The summed E-state index contributed by atoms with van der Waals surface area (Å²) >= 11 is 1.70. The Hall–Kier alpha value is -1.78. The van der Waals surface area contributed by atoms with Crippen LogP contribution < -0.4 is 10.1 Å². The lowest BCUT2D eigenvalue weighted by molar-refractivity contribution is 0.408. The quantitative estimate of drug-likeness (QED) is 0.759. The summed E-state index contributed by atoms with van der Waals surface area (Å²) in [5.74, 6) is 1.96. The highest BCUT2D eigenvalue weighted by atomic mass is 32.1. The Morgan fingerprint density at radius 3 is 2.81 bits per heavy atom. The molecular formula is C17H19NO2S. The van der Waals surface area contributed by atoms with Crippen LogP contribution in [0, 0.1) is 0 Å². The van der Waals surface area contributed by atoms with Crippen molar-refractivity contribution < 1.29 is 9.15 Å². The summed E-state index contributed by atoms with van der Waals surface area (Å²) in [5.41, 5.74) is 2.16. The number of thiophene rings is 1. The van der Waals surface area contributed by atoms with Crippen molar-refractivity contribution in [3.05, 3.63) is 51.9 Å². The fraction of sp³-hybridized carbons (Fsp3) is 0.294. The number of hydrogen-bond acceptors (Lipinski definition) is 4. The molecule has 0 aliphatic carbocycles. The van der Waals surface area contributed by atoms with Gasteiger partial charge in [-0.05, 0) is 24.6 Å². The van der Waals surface area contributed by atoms with Crippen LogP contribution in [-0.2, 0) is 6.42 Å². The van der Waals surface area contributed by atoms with Crippen molar-refractivity contribution in [1.82, 2.24) is 5.32 Å². The highest BCUT2D eigenvalue weighted by molar-refractivity contribution is 7.10. The van der Waals surface area contributed by atoms with Crippen LogP contribution in [-0.4, -0.2) is 14.2 Å². The third kappa shape index (κ3) is 2.34. The average molecular weight is 301 g/mol. The number of rotatable bonds is 5. The number of hydrogen-bond donors (Lipinski definition) is 1.